The highest BCUT2D eigenvalue weighted by molar-refractivity contribution is 7.18. The Morgan fingerprint density at radius 3 is 2.36 bits per heavy atom. The number of benzene rings is 2. The first-order valence-corrected chi connectivity index (χ1v) is 14.1. The molecule has 1 aliphatic heterocycles. The molecule has 0 spiro atoms. The molecule has 0 aliphatic carbocycles. The maximum atomic E-state index is 13.0. The zero-order valence-corrected chi connectivity index (χ0v) is 23.4. The summed E-state index contributed by atoms with van der Waals surface area (Å²) in [5, 5.41) is 4.07. The summed E-state index contributed by atoms with van der Waals surface area (Å²) in [6.07, 6.45) is 1.67. The Labute approximate surface area is 232 Å². The minimum Gasteiger partial charge on any atom is -0.462 e. The summed E-state index contributed by atoms with van der Waals surface area (Å²) >= 11 is 1.72. The van der Waals surface area contributed by atoms with E-state index in [1.165, 1.54) is 16.0 Å². The smallest absolute Gasteiger partial charge is 0.338 e. The maximum absolute atomic E-state index is 13.0. The van der Waals surface area contributed by atoms with Crippen LogP contribution in [0.1, 0.15) is 39.1 Å². The van der Waals surface area contributed by atoms with E-state index in [2.05, 4.69) is 48.3 Å². The Kier molecular flexibility index (Phi) is 8.07. The molecule has 1 aliphatic rings. The molecule has 0 unspecified atom stereocenters. The molecular formula is C30H33N5O3S. The zero-order valence-electron chi connectivity index (χ0n) is 22.6. The van der Waals surface area contributed by atoms with Crippen molar-refractivity contribution >= 4 is 45.1 Å². The molecule has 202 valence electrons. The lowest BCUT2D eigenvalue weighted by Crippen LogP contribution is -2.50. The van der Waals surface area contributed by atoms with Gasteiger partial charge in [0, 0.05) is 43.2 Å². The third-order valence-corrected chi connectivity index (χ3v) is 8.15. The van der Waals surface area contributed by atoms with Gasteiger partial charge in [-0.2, -0.15) is 0 Å². The van der Waals surface area contributed by atoms with E-state index in [0.717, 1.165) is 34.7 Å². The van der Waals surface area contributed by atoms with Gasteiger partial charge in [-0.1, -0.05) is 30.3 Å². The topological polar surface area (TPSA) is 87.7 Å². The zero-order chi connectivity index (χ0) is 27.4. The molecule has 2 aromatic heterocycles. The lowest BCUT2D eigenvalue weighted by Gasteiger charge is -2.35. The molecule has 1 fully saturated rings. The van der Waals surface area contributed by atoms with E-state index in [1.807, 2.05) is 11.0 Å². The predicted octanol–water partition coefficient (Wildman–Crippen LogP) is 5.62. The molecule has 9 heteroatoms. The standard InChI is InChI=1S/C30H33N5O3S/c1-4-38-29(36)23-11-13-24(14-12-23)31-30(37)35-18-16-34(17-19-35)27-26-20(2)21(3)39-28(26)33-25(32-27)15-10-22-8-6-5-7-9-22/h5-9,11-14H,4,10,15-19H2,1-3H3,(H,31,37). The Balaban J connectivity index is 1.26. The summed E-state index contributed by atoms with van der Waals surface area (Å²) < 4.78 is 5.02. The Bertz CT molecular complexity index is 1460. The molecule has 0 bridgehead atoms. The maximum Gasteiger partial charge on any atom is 0.338 e. The second-order valence-electron chi connectivity index (χ2n) is 9.61. The van der Waals surface area contributed by atoms with E-state index in [9.17, 15) is 9.59 Å². The van der Waals surface area contributed by atoms with Crippen molar-refractivity contribution in [1.82, 2.24) is 14.9 Å². The fourth-order valence-electron chi connectivity index (χ4n) is 4.74. The van der Waals surface area contributed by atoms with E-state index >= 15 is 0 Å². The van der Waals surface area contributed by atoms with Gasteiger partial charge in [-0.15, -0.1) is 11.3 Å². The highest BCUT2D eigenvalue weighted by Crippen LogP contribution is 2.35. The van der Waals surface area contributed by atoms with Crippen molar-refractivity contribution in [3.8, 4) is 0 Å². The number of hydrogen-bond acceptors (Lipinski definition) is 7. The van der Waals surface area contributed by atoms with Gasteiger partial charge in [0.15, 0.2) is 0 Å². The number of rotatable bonds is 7. The number of hydrogen-bond donors (Lipinski definition) is 1. The average Bonchev–Trinajstić information content (AvgIpc) is 3.25. The van der Waals surface area contributed by atoms with Crippen molar-refractivity contribution in [2.45, 2.75) is 33.6 Å². The first-order chi connectivity index (χ1) is 18.9. The van der Waals surface area contributed by atoms with Crippen LogP contribution in [0, 0.1) is 13.8 Å². The second-order valence-corrected chi connectivity index (χ2v) is 10.8. The number of nitrogens with one attached hydrogen (secondary N) is 1. The fourth-order valence-corrected chi connectivity index (χ4v) is 5.78. The van der Waals surface area contributed by atoms with Gasteiger partial charge in [-0.3, -0.25) is 0 Å². The second kappa shape index (κ2) is 11.8. The van der Waals surface area contributed by atoms with Crippen molar-refractivity contribution < 1.29 is 14.3 Å². The number of thiophene rings is 1. The number of carbonyl (C=O) groups is 2. The SMILES string of the molecule is CCOC(=O)c1ccc(NC(=O)N2CCN(c3nc(CCc4ccccc4)nc4sc(C)c(C)c34)CC2)cc1. The number of anilines is 2. The predicted molar refractivity (Wildman–Crippen MR) is 156 cm³/mol. The van der Waals surface area contributed by atoms with Gasteiger partial charge in [0.05, 0.1) is 17.6 Å². The number of fused-ring (bicyclic) bond motifs is 1. The molecule has 8 nitrogen and oxygen atoms in total. The number of aromatic nitrogens is 2. The van der Waals surface area contributed by atoms with Crippen LogP contribution in [0.25, 0.3) is 10.2 Å². The van der Waals surface area contributed by atoms with Crippen LogP contribution >= 0.6 is 11.3 Å². The molecule has 4 aromatic rings. The number of aryl methyl sites for hydroxylation is 4. The summed E-state index contributed by atoms with van der Waals surface area (Å²) in [5.41, 5.74) is 3.60. The van der Waals surface area contributed by atoms with Crippen LogP contribution < -0.4 is 10.2 Å². The number of amides is 2. The molecule has 2 amide bonds. The first-order valence-electron chi connectivity index (χ1n) is 13.3. The summed E-state index contributed by atoms with van der Waals surface area (Å²) in [4.78, 5) is 41.2. The number of ether oxygens (including phenoxy) is 1. The van der Waals surface area contributed by atoms with E-state index in [4.69, 9.17) is 14.7 Å². The number of piperazine rings is 1. The van der Waals surface area contributed by atoms with Crippen LogP contribution in [0.5, 0.6) is 0 Å². The van der Waals surface area contributed by atoms with Crippen LogP contribution in [0.2, 0.25) is 0 Å². The molecule has 39 heavy (non-hydrogen) atoms. The van der Waals surface area contributed by atoms with E-state index in [1.54, 1.807) is 42.5 Å². The number of carbonyl (C=O) groups excluding carboxylic acids is 2. The Morgan fingerprint density at radius 1 is 0.949 bits per heavy atom. The summed E-state index contributed by atoms with van der Waals surface area (Å²) in [5.74, 6) is 1.46. The third-order valence-electron chi connectivity index (χ3n) is 7.05. The van der Waals surface area contributed by atoms with Gasteiger partial charge in [0.1, 0.15) is 16.5 Å². The highest BCUT2D eigenvalue weighted by Gasteiger charge is 2.25. The van der Waals surface area contributed by atoms with Crippen molar-refractivity contribution in [3.05, 3.63) is 82.0 Å². The van der Waals surface area contributed by atoms with Gasteiger partial charge >= 0.3 is 12.0 Å². The first kappa shape index (κ1) is 26.6. The van der Waals surface area contributed by atoms with Gasteiger partial charge in [0.2, 0.25) is 0 Å². The molecule has 0 saturated carbocycles. The number of urea groups is 1. The van der Waals surface area contributed by atoms with Crippen molar-refractivity contribution in [1.29, 1.82) is 0 Å². The fraction of sp³-hybridized carbons (Fsp3) is 0.333. The largest absolute Gasteiger partial charge is 0.462 e. The van der Waals surface area contributed by atoms with Crippen LogP contribution in [-0.4, -0.2) is 59.7 Å². The van der Waals surface area contributed by atoms with Crippen LogP contribution in [0.15, 0.2) is 54.6 Å². The minimum absolute atomic E-state index is 0.155. The summed E-state index contributed by atoms with van der Waals surface area (Å²) in [6.45, 7) is 8.91. The van der Waals surface area contributed by atoms with Crippen LogP contribution in [0.3, 0.4) is 0 Å². The van der Waals surface area contributed by atoms with Gasteiger partial charge in [-0.25, -0.2) is 19.6 Å². The lowest BCUT2D eigenvalue weighted by molar-refractivity contribution is 0.0526. The molecule has 1 N–H and O–H groups in total. The van der Waals surface area contributed by atoms with Gasteiger partial charge in [0.25, 0.3) is 0 Å². The quantitative estimate of drug-likeness (QED) is 0.304. The Morgan fingerprint density at radius 2 is 1.67 bits per heavy atom. The van der Waals surface area contributed by atoms with Crippen LogP contribution in [-0.2, 0) is 17.6 Å². The highest BCUT2D eigenvalue weighted by atomic mass is 32.1. The summed E-state index contributed by atoms with van der Waals surface area (Å²) in [6, 6.07) is 17.0. The Hall–Kier alpha value is -3.98. The monoisotopic (exact) mass is 543 g/mol. The molecular weight excluding hydrogens is 510 g/mol. The molecule has 0 atom stereocenters. The molecule has 5 rings (SSSR count). The number of esters is 1. The van der Waals surface area contributed by atoms with E-state index < -0.39 is 0 Å². The summed E-state index contributed by atoms with van der Waals surface area (Å²) in [7, 11) is 0. The number of nitrogens with zero attached hydrogens (tertiary/aromatic N) is 4. The average molecular weight is 544 g/mol. The third kappa shape index (κ3) is 6.04. The van der Waals surface area contributed by atoms with Crippen molar-refractivity contribution in [2.24, 2.45) is 0 Å². The minimum atomic E-state index is -0.371. The molecule has 2 aromatic carbocycles. The normalized spacial score (nSPS) is 13.5. The van der Waals surface area contributed by atoms with E-state index in [0.29, 0.717) is 44.0 Å². The van der Waals surface area contributed by atoms with E-state index in [-0.39, 0.29) is 12.0 Å². The van der Waals surface area contributed by atoms with Crippen LogP contribution in [0.4, 0.5) is 16.3 Å². The van der Waals surface area contributed by atoms with Crippen molar-refractivity contribution in [3.63, 3.8) is 0 Å². The lowest BCUT2D eigenvalue weighted by atomic mass is 10.1. The molecule has 0 radical (unpaired) electrons. The van der Waals surface area contributed by atoms with Gasteiger partial charge in [-0.05, 0) is 62.6 Å². The van der Waals surface area contributed by atoms with Gasteiger partial charge < -0.3 is 19.9 Å². The van der Waals surface area contributed by atoms with Crippen molar-refractivity contribution in [2.75, 3.05) is 43.0 Å². The molecule has 1 saturated heterocycles. The molecule has 3 heterocycles.